The van der Waals surface area contributed by atoms with Gasteiger partial charge in [-0.1, -0.05) is 0 Å². The van der Waals surface area contributed by atoms with Crippen molar-refractivity contribution in [1.82, 2.24) is 16.0 Å². The minimum Gasteiger partial charge on any atom is -0.481 e. The lowest BCUT2D eigenvalue weighted by molar-refractivity contribution is -0.144. The molecule has 168 valence electrons. The molecular formula is C15H24N6O9. The van der Waals surface area contributed by atoms with E-state index in [0.29, 0.717) is 0 Å². The molecule has 15 nitrogen and oxygen atoms in total. The monoisotopic (exact) mass is 432 g/mol. The second-order valence-corrected chi connectivity index (χ2v) is 6.12. The molecule has 0 aliphatic heterocycles. The minimum atomic E-state index is -1.73. The topological polar surface area (TPSA) is 274 Å². The highest BCUT2D eigenvalue weighted by atomic mass is 16.4. The van der Waals surface area contributed by atoms with Crippen LogP contribution in [0.1, 0.15) is 25.7 Å². The van der Waals surface area contributed by atoms with Gasteiger partial charge in [-0.3, -0.25) is 28.8 Å². The van der Waals surface area contributed by atoms with Crippen LogP contribution in [0.4, 0.5) is 0 Å². The number of hydrogen-bond donors (Lipinski definition) is 8. The van der Waals surface area contributed by atoms with Gasteiger partial charge in [0.2, 0.25) is 29.5 Å². The summed E-state index contributed by atoms with van der Waals surface area (Å²) in [5.74, 6) is -7.75. The predicted molar refractivity (Wildman–Crippen MR) is 97.0 cm³/mol. The summed E-state index contributed by atoms with van der Waals surface area (Å²) >= 11 is 0. The number of aliphatic carboxylic acids is 2. The van der Waals surface area contributed by atoms with E-state index in [9.17, 15) is 33.6 Å². The minimum absolute atomic E-state index is 0.0662. The van der Waals surface area contributed by atoms with Gasteiger partial charge >= 0.3 is 11.9 Å². The van der Waals surface area contributed by atoms with Crippen molar-refractivity contribution in [3.63, 3.8) is 0 Å². The van der Waals surface area contributed by atoms with Crippen LogP contribution >= 0.6 is 0 Å². The van der Waals surface area contributed by atoms with E-state index in [-0.39, 0.29) is 12.8 Å². The number of carbonyl (C=O) groups excluding carboxylic acids is 5. The number of nitrogens with one attached hydrogen (secondary N) is 3. The highest BCUT2D eigenvalue weighted by Gasteiger charge is 2.29. The molecule has 0 radical (unpaired) electrons. The van der Waals surface area contributed by atoms with Crippen molar-refractivity contribution in [3.05, 3.63) is 0 Å². The Bertz CT molecular complexity index is 711. The smallest absolute Gasteiger partial charge is 0.326 e. The molecule has 0 aromatic heterocycles. The van der Waals surface area contributed by atoms with Gasteiger partial charge in [0.15, 0.2) is 0 Å². The van der Waals surface area contributed by atoms with E-state index in [1.54, 1.807) is 0 Å². The van der Waals surface area contributed by atoms with Crippen molar-refractivity contribution >= 4 is 41.5 Å². The van der Waals surface area contributed by atoms with E-state index in [2.05, 4.69) is 5.32 Å². The van der Waals surface area contributed by atoms with E-state index in [4.69, 9.17) is 27.4 Å². The van der Waals surface area contributed by atoms with Crippen LogP contribution in [-0.2, 0) is 33.6 Å². The molecule has 5 amide bonds. The first-order valence-corrected chi connectivity index (χ1v) is 8.47. The Balaban J connectivity index is 4.89. The Kier molecular flexibility index (Phi) is 11.1. The van der Waals surface area contributed by atoms with E-state index in [1.165, 1.54) is 0 Å². The van der Waals surface area contributed by atoms with Crippen LogP contribution in [0.25, 0.3) is 0 Å². The first kappa shape index (κ1) is 26.2. The zero-order valence-corrected chi connectivity index (χ0v) is 15.8. The predicted octanol–water partition coefficient (Wildman–Crippen LogP) is -4.90. The maximum Gasteiger partial charge on any atom is 0.326 e. The number of rotatable bonds is 14. The van der Waals surface area contributed by atoms with Crippen LogP contribution < -0.4 is 33.2 Å². The van der Waals surface area contributed by atoms with Gasteiger partial charge < -0.3 is 43.4 Å². The van der Waals surface area contributed by atoms with Crippen molar-refractivity contribution in [1.29, 1.82) is 0 Å². The Hall–Kier alpha value is -3.75. The molecule has 0 aliphatic carbocycles. The number of nitrogens with two attached hydrogens (primary N) is 3. The van der Waals surface area contributed by atoms with Crippen LogP contribution in [-0.4, -0.2) is 76.4 Å². The van der Waals surface area contributed by atoms with E-state index in [1.807, 2.05) is 10.6 Å². The van der Waals surface area contributed by atoms with Crippen LogP contribution in [0.5, 0.6) is 0 Å². The molecule has 15 heteroatoms. The standard InChI is InChI=1S/C15H24N6O9/c16-6(1-2-9(17)22)13(27)19-5-11(24)20-7(4-12(25)26)14(28)21-8(15(29)30)3-10(18)23/h6-8H,1-5,16H2,(H2,17,22)(H2,18,23)(H,19,27)(H,20,24)(H,21,28)(H,25,26)(H,29,30). The molecule has 0 aliphatic rings. The van der Waals surface area contributed by atoms with E-state index < -0.39 is 79.0 Å². The highest BCUT2D eigenvalue weighted by Crippen LogP contribution is 1.98. The van der Waals surface area contributed by atoms with Crippen LogP contribution in [0.3, 0.4) is 0 Å². The molecule has 3 unspecified atom stereocenters. The summed E-state index contributed by atoms with van der Waals surface area (Å²) in [6.07, 6.45) is -1.89. The maximum absolute atomic E-state index is 12.2. The Morgan fingerprint density at radius 3 is 1.87 bits per heavy atom. The Morgan fingerprint density at radius 1 is 0.800 bits per heavy atom. The van der Waals surface area contributed by atoms with Gasteiger partial charge in [-0.15, -0.1) is 0 Å². The van der Waals surface area contributed by atoms with Crippen LogP contribution in [0.15, 0.2) is 0 Å². The third-order valence-electron chi connectivity index (χ3n) is 3.51. The first-order valence-electron chi connectivity index (χ1n) is 8.47. The quantitative estimate of drug-likeness (QED) is 0.129. The highest BCUT2D eigenvalue weighted by molar-refractivity contribution is 5.95. The zero-order chi connectivity index (χ0) is 23.4. The van der Waals surface area contributed by atoms with Crippen molar-refractivity contribution < 1.29 is 43.8 Å². The molecule has 0 heterocycles. The lowest BCUT2D eigenvalue weighted by Gasteiger charge is -2.20. The molecule has 30 heavy (non-hydrogen) atoms. The lowest BCUT2D eigenvalue weighted by atomic mass is 10.1. The van der Waals surface area contributed by atoms with Gasteiger partial charge in [-0.2, -0.15) is 0 Å². The molecule has 3 atom stereocenters. The molecule has 0 spiro atoms. The third-order valence-corrected chi connectivity index (χ3v) is 3.51. The zero-order valence-electron chi connectivity index (χ0n) is 15.8. The normalized spacial score (nSPS) is 13.2. The second-order valence-electron chi connectivity index (χ2n) is 6.12. The first-order chi connectivity index (χ1) is 13.8. The number of carboxylic acid groups (broad SMARTS) is 2. The Morgan fingerprint density at radius 2 is 1.40 bits per heavy atom. The molecule has 0 aromatic rings. The van der Waals surface area contributed by atoms with Gasteiger partial charge in [-0.25, -0.2) is 4.79 Å². The summed E-state index contributed by atoms with van der Waals surface area (Å²) in [6.45, 7) is -0.684. The maximum atomic E-state index is 12.2. The fourth-order valence-electron chi connectivity index (χ4n) is 2.03. The molecule has 0 aromatic carbocycles. The summed E-state index contributed by atoms with van der Waals surface area (Å²) in [5, 5.41) is 23.9. The average Bonchev–Trinajstić information content (AvgIpc) is 2.61. The van der Waals surface area contributed by atoms with E-state index >= 15 is 0 Å². The number of carbonyl (C=O) groups is 7. The van der Waals surface area contributed by atoms with Crippen molar-refractivity contribution in [2.45, 2.75) is 43.8 Å². The van der Waals surface area contributed by atoms with Crippen molar-refractivity contribution in [3.8, 4) is 0 Å². The van der Waals surface area contributed by atoms with Crippen molar-refractivity contribution in [2.24, 2.45) is 17.2 Å². The van der Waals surface area contributed by atoms with E-state index in [0.717, 1.165) is 0 Å². The molecule has 0 bridgehead atoms. The summed E-state index contributed by atoms with van der Waals surface area (Å²) in [6, 6.07) is -4.56. The summed E-state index contributed by atoms with van der Waals surface area (Å²) < 4.78 is 0. The summed E-state index contributed by atoms with van der Waals surface area (Å²) in [4.78, 5) is 79.3. The van der Waals surface area contributed by atoms with Crippen molar-refractivity contribution in [2.75, 3.05) is 6.54 Å². The Labute approximate surface area is 169 Å². The number of carboxylic acids is 2. The molecule has 0 rings (SSSR count). The number of hydrogen-bond acceptors (Lipinski definition) is 8. The largest absolute Gasteiger partial charge is 0.481 e. The molecule has 0 saturated heterocycles. The van der Waals surface area contributed by atoms with Gasteiger partial charge in [0.25, 0.3) is 0 Å². The summed E-state index contributed by atoms with van der Waals surface area (Å²) in [5.41, 5.74) is 15.3. The van der Waals surface area contributed by atoms with Gasteiger partial charge in [0.05, 0.1) is 25.4 Å². The van der Waals surface area contributed by atoms with Gasteiger partial charge in [0.1, 0.15) is 12.1 Å². The number of amides is 5. The fraction of sp³-hybridized carbons (Fsp3) is 0.533. The third kappa shape index (κ3) is 11.2. The number of primary amides is 2. The summed E-state index contributed by atoms with van der Waals surface area (Å²) in [7, 11) is 0. The molecule has 0 saturated carbocycles. The SMILES string of the molecule is NC(=O)CCC(N)C(=O)NCC(=O)NC(CC(=O)O)C(=O)NC(CC(N)=O)C(=O)O. The van der Waals surface area contributed by atoms with Gasteiger partial charge in [0, 0.05) is 6.42 Å². The fourth-order valence-corrected chi connectivity index (χ4v) is 2.03. The van der Waals surface area contributed by atoms with Gasteiger partial charge in [-0.05, 0) is 6.42 Å². The van der Waals surface area contributed by atoms with Crippen LogP contribution in [0, 0.1) is 0 Å². The van der Waals surface area contributed by atoms with Crippen LogP contribution in [0.2, 0.25) is 0 Å². The average molecular weight is 432 g/mol. The molecule has 11 N–H and O–H groups in total. The molecule has 0 fully saturated rings. The second kappa shape index (κ2) is 12.7. The molecular weight excluding hydrogens is 408 g/mol. The lowest BCUT2D eigenvalue weighted by Crippen LogP contribution is -2.54.